The molecule has 1 saturated carbocycles. The summed E-state index contributed by atoms with van der Waals surface area (Å²) in [5.41, 5.74) is 3.26. The number of carbonyl (C=O) groups is 1. The van der Waals surface area contributed by atoms with E-state index in [4.69, 9.17) is 14.7 Å². The average molecular weight is 565 g/mol. The van der Waals surface area contributed by atoms with Crippen molar-refractivity contribution in [2.75, 3.05) is 57.5 Å². The summed E-state index contributed by atoms with van der Waals surface area (Å²) in [6, 6.07) is 9.07. The van der Waals surface area contributed by atoms with E-state index in [1.165, 1.54) is 10.6 Å². The summed E-state index contributed by atoms with van der Waals surface area (Å²) >= 11 is 1.66. The van der Waals surface area contributed by atoms with Crippen molar-refractivity contribution in [1.82, 2.24) is 19.8 Å². The van der Waals surface area contributed by atoms with Gasteiger partial charge in [-0.05, 0) is 95.4 Å². The van der Waals surface area contributed by atoms with Gasteiger partial charge in [0.2, 0.25) is 11.8 Å². The minimum absolute atomic E-state index is 0.0161. The van der Waals surface area contributed by atoms with E-state index in [0.29, 0.717) is 17.9 Å². The molecule has 3 aliphatic rings. The van der Waals surface area contributed by atoms with Crippen molar-refractivity contribution in [3.8, 4) is 5.88 Å². The summed E-state index contributed by atoms with van der Waals surface area (Å²) in [7, 11) is 6.46. The monoisotopic (exact) mass is 564 g/mol. The van der Waals surface area contributed by atoms with E-state index in [-0.39, 0.29) is 18.4 Å². The second kappa shape index (κ2) is 11.5. The van der Waals surface area contributed by atoms with Gasteiger partial charge in [-0.2, -0.15) is 4.98 Å². The maximum atomic E-state index is 11.6. The third-order valence-corrected chi connectivity index (χ3v) is 9.98. The van der Waals surface area contributed by atoms with Crippen LogP contribution in [0, 0.1) is 0 Å². The molecule has 40 heavy (non-hydrogen) atoms. The average Bonchev–Trinajstić information content (AvgIpc) is 3.49. The zero-order valence-electron chi connectivity index (χ0n) is 23.7. The number of nitrogens with zero attached hydrogens (tertiary/aromatic N) is 5. The molecule has 3 heterocycles. The van der Waals surface area contributed by atoms with Gasteiger partial charge in [0.15, 0.2) is 0 Å². The number of aryl methyl sites for hydroxylation is 1. The van der Waals surface area contributed by atoms with E-state index in [0.717, 1.165) is 86.2 Å². The number of thiophene rings is 1. The minimum atomic E-state index is -0.763. The molecule has 0 amide bonds. The van der Waals surface area contributed by atoms with E-state index >= 15 is 0 Å². The molecule has 1 aromatic carbocycles. The van der Waals surface area contributed by atoms with Crippen molar-refractivity contribution in [1.29, 1.82) is 0 Å². The molecule has 0 radical (unpaired) electrons. The van der Waals surface area contributed by atoms with Crippen LogP contribution in [0.2, 0.25) is 0 Å². The zero-order valence-corrected chi connectivity index (χ0v) is 24.5. The van der Waals surface area contributed by atoms with Crippen molar-refractivity contribution in [2.24, 2.45) is 0 Å². The van der Waals surface area contributed by atoms with Crippen LogP contribution in [0.5, 0.6) is 5.88 Å². The molecule has 9 nitrogen and oxygen atoms in total. The Hall–Kier alpha value is -2.95. The predicted octanol–water partition coefficient (Wildman–Crippen LogP) is 4.94. The first-order chi connectivity index (χ1) is 19.3. The van der Waals surface area contributed by atoms with Gasteiger partial charge in [-0.15, -0.1) is 11.3 Å². The van der Waals surface area contributed by atoms with E-state index in [2.05, 4.69) is 65.4 Å². The van der Waals surface area contributed by atoms with Crippen LogP contribution < -0.4 is 15.0 Å². The molecular weight excluding hydrogens is 524 g/mol. The Balaban J connectivity index is 1.27. The fourth-order valence-corrected chi connectivity index (χ4v) is 7.71. The zero-order chi connectivity index (χ0) is 27.8. The van der Waals surface area contributed by atoms with Crippen molar-refractivity contribution >= 4 is 44.8 Å². The third-order valence-electron chi connectivity index (χ3n) is 8.83. The number of carboxylic acids is 1. The molecule has 2 N–H and O–H groups in total. The Labute approximate surface area is 240 Å². The first kappa shape index (κ1) is 27.2. The number of likely N-dealkylation sites (N-methyl/N-ethyl adjacent to an activating group) is 1. The molecule has 1 atom stereocenters. The van der Waals surface area contributed by atoms with Crippen molar-refractivity contribution < 1.29 is 14.6 Å². The largest absolute Gasteiger partial charge is 0.481 e. The fourth-order valence-electron chi connectivity index (χ4n) is 6.45. The number of hydrogen-bond donors (Lipinski definition) is 2. The molecule has 1 aliphatic heterocycles. The maximum Gasteiger partial charge on any atom is 0.303 e. The normalized spacial score (nSPS) is 23.5. The van der Waals surface area contributed by atoms with Crippen LogP contribution in [-0.4, -0.2) is 90.3 Å². The molecule has 1 saturated heterocycles. The number of piperazine rings is 1. The van der Waals surface area contributed by atoms with Gasteiger partial charge in [0.05, 0.1) is 11.8 Å². The van der Waals surface area contributed by atoms with Crippen LogP contribution in [0.3, 0.4) is 0 Å². The summed E-state index contributed by atoms with van der Waals surface area (Å²) in [6.07, 6.45) is 6.13. The summed E-state index contributed by atoms with van der Waals surface area (Å²) in [6.45, 7) is 4.22. The van der Waals surface area contributed by atoms with Gasteiger partial charge in [0, 0.05) is 48.5 Å². The van der Waals surface area contributed by atoms with Gasteiger partial charge in [-0.3, -0.25) is 4.79 Å². The number of aliphatic carboxylic acids is 1. The van der Waals surface area contributed by atoms with Crippen molar-refractivity contribution in [3.05, 3.63) is 34.7 Å². The Morgan fingerprint density at radius 3 is 2.48 bits per heavy atom. The van der Waals surface area contributed by atoms with Crippen LogP contribution in [0.4, 0.5) is 17.3 Å². The Morgan fingerprint density at radius 1 is 1.07 bits per heavy atom. The molecule has 2 fully saturated rings. The number of anilines is 3. The number of fused-ring (bicyclic) bond motifs is 3. The van der Waals surface area contributed by atoms with Gasteiger partial charge in [-0.25, -0.2) is 4.98 Å². The summed E-state index contributed by atoms with van der Waals surface area (Å²) < 4.78 is 6.66. The quantitative estimate of drug-likeness (QED) is 0.394. The minimum Gasteiger partial charge on any atom is -0.481 e. The van der Waals surface area contributed by atoms with Gasteiger partial charge >= 0.3 is 5.97 Å². The van der Waals surface area contributed by atoms with Gasteiger partial charge < -0.3 is 29.9 Å². The lowest BCUT2D eigenvalue weighted by molar-refractivity contribution is -0.137. The predicted molar refractivity (Wildman–Crippen MR) is 161 cm³/mol. The second-order valence-electron chi connectivity index (χ2n) is 11.8. The van der Waals surface area contributed by atoms with Gasteiger partial charge in [0.1, 0.15) is 10.9 Å². The molecular formula is C30H40N6O3S. The van der Waals surface area contributed by atoms with E-state index < -0.39 is 5.97 Å². The maximum absolute atomic E-state index is 11.6. The third kappa shape index (κ3) is 5.75. The van der Waals surface area contributed by atoms with E-state index in [9.17, 15) is 9.90 Å². The molecule has 0 spiro atoms. The molecule has 3 aromatic rings. The molecule has 10 heteroatoms. The highest BCUT2D eigenvalue weighted by Gasteiger charge is 2.33. The van der Waals surface area contributed by atoms with Crippen molar-refractivity contribution in [3.63, 3.8) is 0 Å². The number of nitrogens with one attached hydrogen (secondary N) is 1. The van der Waals surface area contributed by atoms with Crippen LogP contribution in [-0.2, 0) is 11.2 Å². The van der Waals surface area contributed by atoms with E-state index in [1.807, 2.05) is 0 Å². The fraction of sp³-hybridized carbons (Fsp3) is 0.567. The van der Waals surface area contributed by atoms with Crippen molar-refractivity contribution in [2.45, 2.75) is 63.0 Å². The number of rotatable bonds is 8. The van der Waals surface area contributed by atoms with Gasteiger partial charge in [0.25, 0.3) is 0 Å². The lowest BCUT2D eigenvalue weighted by atomic mass is 9.92. The number of hydrogen-bond acceptors (Lipinski definition) is 9. The highest BCUT2D eigenvalue weighted by atomic mass is 32.1. The Kier molecular flexibility index (Phi) is 7.83. The highest BCUT2D eigenvalue weighted by molar-refractivity contribution is 7.19. The molecule has 2 aromatic heterocycles. The number of aromatic nitrogens is 2. The molecule has 214 valence electrons. The number of carboxylic acid groups (broad SMARTS) is 1. The summed E-state index contributed by atoms with van der Waals surface area (Å²) in [5, 5.41) is 13.9. The number of benzene rings is 1. The molecule has 2 aliphatic carbocycles. The van der Waals surface area contributed by atoms with Gasteiger partial charge in [-0.1, -0.05) is 0 Å². The first-order valence-electron chi connectivity index (χ1n) is 14.5. The SMILES string of the molecule is CN1CCN(c2ccc(Nc3nc(O[C@H]4CC[C@H](N(C)C)CC4)c4c5c(sc4n3)CC[C@@H]5CC(=O)O)cc2)CC1. The summed E-state index contributed by atoms with van der Waals surface area (Å²) in [5.74, 6) is 0.342. The standard InChI is InChI=1S/C30H40N6O3S/c1-34(2)21-9-11-23(12-10-21)39-28-27-26-19(18-25(37)38)4-13-24(26)40-29(27)33-30(32-28)31-20-5-7-22(8-6-20)36-16-14-35(3)15-17-36/h5-8,19,21,23H,4,9-18H2,1-3H3,(H,37,38)(H,31,32,33)/t19-,21-,23-/m1/s1. The van der Waals surface area contributed by atoms with Crippen LogP contribution >= 0.6 is 11.3 Å². The van der Waals surface area contributed by atoms with Crippen LogP contribution in [0.25, 0.3) is 10.2 Å². The summed E-state index contributed by atoms with van der Waals surface area (Å²) in [4.78, 5) is 30.6. The smallest absolute Gasteiger partial charge is 0.303 e. The second-order valence-corrected chi connectivity index (χ2v) is 12.9. The van der Waals surface area contributed by atoms with Crippen LogP contribution in [0.15, 0.2) is 24.3 Å². The topological polar surface area (TPSA) is 94.1 Å². The van der Waals surface area contributed by atoms with Crippen LogP contribution in [0.1, 0.15) is 54.9 Å². The first-order valence-corrected chi connectivity index (χ1v) is 15.3. The number of ether oxygens (including phenoxy) is 1. The Morgan fingerprint density at radius 2 is 1.80 bits per heavy atom. The highest BCUT2D eigenvalue weighted by Crippen LogP contribution is 2.48. The molecule has 0 unspecified atom stereocenters. The Bertz CT molecular complexity index is 1340. The lowest BCUT2D eigenvalue weighted by Crippen LogP contribution is -2.44. The molecule has 0 bridgehead atoms. The lowest BCUT2D eigenvalue weighted by Gasteiger charge is -2.34. The molecule has 6 rings (SSSR count). The van der Waals surface area contributed by atoms with E-state index in [1.54, 1.807) is 11.3 Å².